The molecule has 2 aliphatic heterocycles. The molecule has 0 unspecified atom stereocenters. The number of guanidine groups is 1. The fourth-order valence-corrected chi connectivity index (χ4v) is 3.83. The van der Waals surface area contributed by atoms with E-state index in [0.717, 1.165) is 36.1 Å². The first-order valence-corrected chi connectivity index (χ1v) is 8.70. The zero-order valence-corrected chi connectivity index (χ0v) is 16.5. The first-order valence-electron chi connectivity index (χ1n) is 8.70. The van der Waals surface area contributed by atoms with Crippen molar-refractivity contribution in [1.29, 1.82) is 0 Å². The second-order valence-corrected chi connectivity index (χ2v) is 6.88. The first kappa shape index (κ1) is 17.6. The van der Waals surface area contributed by atoms with E-state index < -0.39 is 0 Å². The summed E-state index contributed by atoms with van der Waals surface area (Å²) in [5, 5.41) is 3.45. The maximum Gasteiger partial charge on any atom is 0.231 e. The molecule has 2 heterocycles. The first-order chi connectivity index (χ1) is 11.3. The quantitative estimate of drug-likeness (QED) is 0.442. The fourth-order valence-electron chi connectivity index (χ4n) is 3.83. The topological polar surface area (TPSA) is 46.1 Å². The van der Waals surface area contributed by atoms with Crippen LogP contribution in [0.2, 0.25) is 0 Å². The van der Waals surface area contributed by atoms with Crippen LogP contribution in [0.1, 0.15) is 38.2 Å². The number of aliphatic imine (C=N–C) groups is 1. The largest absolute Gasteiger partial charge is 0.454 e. The van der Waals surface area contributed by atoms with E-state index in [1.807, 2.05) is 12.1 Å². The molecule has 24 heavy (non-hydrogen) atoms. The molecule has 4 rings (SSSR count). The highest BCUT2D eigenvalue weighted by molar-refractivity contribution is 14.0. The number of nitrogens with one attached hydrogen (secondary N) is 1. The van der Waals surface area contributed by atoms with Gasteiger partial charge in [-0.1, -0.05) is 12.5 Å². The number of fused-ring (bicyclic) bond motifs is 1. The molecular weight excluding hydrogens is 417 g/mol. The number of rotatable bonds is 3. The standard InChI is InChI=1S/C18H25N3O2.HI/c1-2-19-17(21-9-8-18(12-21)6-3-7-18)20-11-14-4-5-15-16(10-14)23-13-22-15;/h4-5,10H,2-3,6-9,11-13H2,1H3,(H,19,20);1H. The average Bonchev–Trinajstić information content (AvgIpc) is 3.17. The van der Waals surface area contributed by atoms with Gasteiger partial charge in [-0.15, -0.1) is 24.0 Å². The minimum atomic E-state index is 0. The van der Waals surface area contributed by atoms with Crippen molar-refractivity contribution in [3.8, 4) is 11.5 Å². The Balaban J connectivity index is 0.00000169. The highest BCUT2D eigenvalue weighted by Gasteiger charge is 2.43. The predicted molar refractivity (Wildman–Crippen MR) is 105 cm³/mol. The number of benzene rings is 1. The molecule has 1 aliphatic carbocycles. The summed E-state index contributed by atoms with van der Waals surface area (Å²) >= 11 is 0. The smallest absolute Gasteiger partial charge is 0.231 e. The van der Waals surface area contributed by atoms with Gasteiger partial charge >= 0.3 is 0 Å². The lowest BCUT2D eigenvalue weighted by Crippen LogP contribution is -2.42. The molecule has 5 nitrogen and oxygen atoms in total. The highest BCUT2D eigenvalue weighted by Crippen LogP contribution is 2.47. The van der Waals surface area contributed by atoms with Crippen molar-refractivity contribution in [2.45, 2.75) is 39.2 Å². The van der Waals surface area contributed by atoms with Crippen molar-refractivity contribution in [2.24, 2.45) is 10.4 Å². The number of hydrogen-bond acceptors (Lipinski definition) is 3. The van der Waals surface area contributed by atoms with Crippen LogP contribution in [0.15, 0.2) is 23.2 Å². The molecule has 0 atom stereocenters. The Morgan fingerprint density at radius 1 is 1.25 bits per heavy atom. The summed E-state index contributed by atoms with van der Waals surface area (Å²) in [6.45, 7) is 6.32. The van der Waals surface area contributed by atoms with Gasteiger partial charge in [-0.05, 0) is 49.3 Å². The van der Waals surface area contributed by atoms with E-state index in [0.29, 0.717) is 18.8 Å². The zero-order valence-electron chi connectivity index (χ0n) is 14.2. The van der Waals surface area contributed by atoms with Crippen molar-refractivity contribution in [3.05, 3.63) is 23.8 Å². The van der Waals surface area contributed by atoms with Gasteiger partial charge in [-0.3, -0.25) is 0 Å². The molecule has 0 radical (unpaired) electrons. The van der Waals surface area contributed by atoms with Gasteiger partial charge in [-0.2, -0.15) is 0 Å². The Labute approximate surface area is 160 Å². The van der Waals surface area contributed by atoms with E-state index in [1.54, 1.807) is 0 Å². The second-order valence-electron chi connectivity index (χ2n) is 6.88. The summed E-state index contributed by atoms with van der Waals surface area (Å²) < 4.78 is 10.8. The Hall–Kier alpha value is -1.18. The molecule has 1 aromatic rings. The summed E-state index contributed by atoms with van der Waals surface area (Å²) in [6, 6.07) is 6.07. The van der Waals surface area contributed by atoms with Crippen LogP contribution in [0.3, 0.4) is 0 Å². The minimum Gasteiger partial charge on any atom is -0.454 e. The lowest BCUT2D eigenvalue weighted by atomic mass is 9.68. The van der Waals surface area contributed by atoms with Crippen molar-refractivity contribution in [1.82, 2.24) is 10.2 Å². The van der Waals surface area contributed by atoms with Crippen LogP contribution >= 0.6 is 24.0 Å². The van der Waals surface area contributed by atoms with Gasteiger partial charge in [0.1, 0.15) is 0 Å². The van der Waals surface area contributed by atoms with Gasteiger partial charge in [0.15, 0.2) is 17.5 Å². The van der Waals surface area contributed by atoms with Crippen LogP contribution in [0.25, 0.3) is 0 Å². The Kier molecular flexibility index (Phi) is 5.42. The number of hydrogen-bond donors (Lipinski definition) is 1. The molecular formula is C18H26IN3O2. The van der Waals surface area contributed by atoms with Crippen LogP contribution < -0.4 is 14.8 Å². The normalized spacial score (nSPS) is 20.7. The van der Waals surface area contributed by atoms with Gasteiger partial charge in [0.2, 0.25) is 6.79 Å². The van der Waals surface area contributed by atoms with Gasteiger partial charge in [0.25, 0.3) is 0 Å². The molecule has 0 amide bonds. The third-order valence-corrected chi connectivity index (χ3v) is 5.34. The molecule has 1 N–H and O–H groups in total. The number of ether oxygens (including phenoxy) is 2. The van der Waals surface area contributed by atoms with Gasteiger partial charge in [0.05, 0.1) is 6.54 Å². The lowest BCUT2D eigenvalue weighted by molar-refractivity contribution is 0.151. The van der Waals surface area contributed by atoms with E-state index in [9.17, 15) is 0 Å². The summed E-state index contributed by atoms with van der Waals surface area (Å²) in [5.41, 5.74) is 1.75. The summed E-state index contributed by atoms with van der Waals surface area (Å²) in [5.74, 6) is 2.71. The summed E-state index contributed by atoms with van der Waals surface area (Å²) in [6.07, 6.45) is 5.51. The van der Waals surface area contributed by atoms with Crippen LogP contribution in [-0.4, -0.2) is 37.3 Å². The molecule has 6 heteroatoms. The van der Waals surface area contributed by atoms with E-state index in [-0.39, 0.29) is 24.0 Å². The average molecular weight is 443 g/mol. The number of nitrogens with zero attached hydrogens (tertiary/aromatic N) is 2. The number of halogens is 1. The van der Waals surface area contributed by atoms with E-state index in [2.05, 4.69) is 23.2 Å². The molecule has 0 bridgehead atoms. The zero-order chi connectivity index (χ0) is 15.7. The Bertz CT molecular complexity index is 616. The SMILES string of the molecule is CCNC(=NCc1ccc2c(c1)OCO2)N1CCC2(CCC2)C1.I. The van der Waals surface area contributed by atoms with Crippen molar-refractivity contribution in [2.75, 3.05) is 26.4 Å². The maximum absolute atomic E-state index is 5.45. The van der Waals surface area contributed by atoms with Crippen molar-refractivity contribution < 1.29 is 9.47 Å². The lowest BCUT2D eigenvalue weighted by Gasteiger charge is -2.38. The van der Waals surface area contributed by atoms with Gasteiger partial charge < -0.3 is 19.7 Å². The summed E-state index contributed by atoms with van der Waals surface area (Å²) in [4.78, 5) is 7.29. The van der Waals surface area contributed by atoms with Crippen LogP contribution in [-0.2, 0) is 6.54 Å². The molecule has 1 saturated carbocycles. The summed E-state index contributed by atoms with van der Waals surface area (Å²) in [7, 11) is 0. The van der Waals surface area contributed by atoms with Crippen LogP contribution in [0, 0.1) is 5.41 Å². The van der Waals surface area contributed by atoms with E-state index in [1.165, 1.54) is 32.2 Å². The Morgan fingerprint density at radius 2 is 2.08 bits per heavy atom. The third kappa shape index (κ3) is 3.43. The molecule has 3 aliphatic rings. The van der Waals surface area contributed by atoms with Gasteiger partial charge in [0, 0.05) is 19.6 Å². The maximum atomic E-state index is 5.45. The fraction of sp³-hybridized carbons (Fsp3) is 0.611. The monoisotopic (exact) mass is 443 g/mol. The molecule has 0 aromatic heterocycles. The minimum absolute atomic E-state index is 0. The third-order valence-electron chi connectivity index (χ3n) is 5.34. The molecule has 132 valence electrons. The predicted octanol–water partition coefficient (Wildman–Crippen LogP) is 3.37. The van der Waals surface area contributed by atoms with E-state index in [4.69, 9.17) is 14.5 Å². The van der Waals surface area contributed by atoms with Crippen molar-refractivity contribution in [3.63, 3.8) is 0 Å². The van der Waals surface area contributed by atoms with Crippen LogP contribution in [0.5, 0.6) is 11.5 Å². The van der Waals surface area contributed by atoms with Crippen LogP contribution in [0.4, 0.5) is 0 Å². The molecule has 1 aromatic carbocycles. The van der Waals surface area contributed by atoms with E-state index >= 15 is 0 Å². The van der Waals surface area contributed by atoms with Crippen molar-refractivity contribution >= 4 is 29.9 Å². The second kappa shape index (κ2) is 7.37. The number of likely N-dealkylation sites (tertiary alicyclic amines) is 1. The molecule has 1 saturated heterocycles. The van der Waals surface area contributed by atoms with Gasteiger partial charge in [-0.25, -0.2) is 4.99 Å². The molecule has 1 spiro atoms. The highest BCUT2D eigenvalue weighted by atomic mass is 127. The molecule has 2 fully saturated rings. The Morgan fingerprint density at radius 3 is 2.79 bits per heavy atom.